The Balaban J connectivity index is 2.09. The fourth-order valence-electron chi connectivity index (χ4n) is 3.21. The first kappa shape index (κ1) is 16.7. The summed E-state index contributed by atoms with van der Waals surface area (Å²) in [6.45, 7) is 2.05. The minimum absolute atomic E-state index is 0.0953. The lowest BCUT2D eigenvalue weighted by molar-refractivity contribution is 0.0960. The zero-order valence-electron chi connectivity index (χ0n) is 14.2. The van der Waals surface area contributed by atoms with Gasteiger partial charge in [0.1, 0.15) is 6.33 Å². The molecule has 0 fully saturated rings. The largest absolute Gasteiger partial charge is 0.272 e. The monoisotopic (exact) mass is 405 g/mol. The second-order valence-corrected chi connectivity index (χ2v) is 6.89. The summed E-state index contributed by atoms with van der Waals surface area (Å²) in [5.41, 5.74) is 4.28. The second-order valence-electron chi connectivity index (χ2n) is 5.97. The van der Waals surface area contributed by atoms with Gasteiger partial charge in [0.2, 0.25) is 0 Å². The molecule has 0 aliphatic carbocycles. The number of fused-ring (bicyclic) bond motifs is 1. The smallest absolute Gasteiger partial charge is 0.264 e. The molecule has 0 N–H and O–H groups in total. The number of carbonyl (C=O) groups excluding carboxylic acids is 1. The molecule has 0 aliphatic heterocycles. The summed E-state index contributed by atoms with van der Waals surface area (Å²) < 4.78 is 2.44. The maximum Gasteiger partial charge on any atom is 0.264 e. The lowest BCUT2D eigenvalue weighted by Gasteiger charge is -2.16. The molecule has 4 aromatic rings. The fraction of sp³-hybridized carbons (Fsp3) is 0.0952. The molecule has 0 saturated carbocycles. The summed E-state index contributed by atoms with van der Waals surface area (Å²) in [7, 11) is 0. The van der Waals surface area contributed by atoms with Gasteiger partial charge in [-0.25, -0.2) is 9.97 Å². The third-order valence-corrected chi connectivity index (χ3v) is 4.89. The maximum absolute atomic E-state index is 13.3. The normalized spacial score (nSPS) is 11.0. The van der Waals surface area contributed by atoms with Crippen LogP contribution in [0.4, 0.5) is 0 Å². The van der Waals surface area contributed by atoms with Crippen molar-refractivity contribution in [2.24, 2.45) is 0 Å². The molecule has 2 aromatic heterocycles. The van der Waals surface area contributed by atoms with E-state index in [0.29, 0.717) is 12.0 Å². The van der Waals surface area contributed by atoms with Gasteiger partial charge in [0, 0.05) is 27.8 Å². The molecule has 128 valence electrons. The quantitative estimate of drug-likeness (QED) is 0.475. The Morgan fingerprint density at radius 1 is 1.15 bits per heavy atom. The molecule has 5 heteroatoms. The topological polar surface area (TPSA) is 47.8 Å². The molecular weight excluding hydrogens is 390 g/mol. The number of imidazole rings is 1. The molecule has 0 bridgehead atoms. The molecule has 0 atom stereocenters. The van der Waals surface area contributed by atoms with Crippen molar-refractivity contribution < 1.29 is 4.79 Å². The molecule has 26 heavy (non-hydrogen) atoms. The van der Waals surface area contributed by atoms with Crippen molar-refractivity contribution in [1.29, 1.82) is 0 Å². The second kappa shape index (κ2) is 6.84. The lowest BCUT2D eigenvalue weighted by atomic mass is 9.94. The minimum Gasteiger partial charge on any atom is -0.272 e. The zero-order valence-corrected chi connectivity index (χ0v) is 15.8. The highest BCUT2D eigenvalue weighted by Crippen LogP contribution is 2.32. The van der Waals surface area contributed by atoms with Crippen molar-refractivity contribution in [3.05, 3.63) is 82.9 Å². The van der Waals surface area contributed by atoms with Gasteiger partial charge >= 0.3 is 0 Å². The number of aromatic nitrogens is 3. The van der Waals surface area contributed by atoms with Crippen LogP contribution in [0, 0.1) is 0 Å². The summed E-state index contributed by atoms with van der Waals surface area (Å²) in [5.74, 6) is -0.0953. The molecule has 0 aliphatic rings. The molecule has 0 unspecified atom stereocenters. The van der Waals surface area contributed by atoms with E-state index in [4.69, 9.17) is 4.98 Å². The standard InChI is InChI=1S/C21H16BrN3O/c1-2-16-19(21(26)25-11-10-23-13-25)17-12-15(22)8-9-18(17)24-20(16)14-6-4-3-5-7-14/h3-13H,2H2,1H3. The van der Waals surface area contributed by atoms with E-state index in [1.54, 1.807) is 12.4 Å². The van der Waals surface area contributed by atoms with Crippen molar-refractivity contribution in [3.8, 4) is 11.3 Å². The predicted molar refractivity (Wildman–Crippen MR) is 106 cm³/mol. The highest BCUT2D eigenvalue weighted by Gasteiger charge is 2.21. The van der Waals surface area contributed by atoms with Gasteiger partial charge in [0.25, 0.3) is 5.91 Å². The number of benzene rings is 2. The molecule has 4 rings (SSSR count). The van der Waals surface area contributed by atoms with E-state index in [2.05, 4.69) is 27.8 Å². The summed E-state index contributed by atoms with van der Waals surface area (Å²) in [6, 6.07) is 15.8. The lowest BCUT2D eigenvalue weighted by Crippen LogP contribution is -2.15. The molecule has 2 aromatic carbocycles. The number of hydrogen-bond acceptors (Lipinski definition) is 3. The first-order valence-corrected chi connectivity index (χ1v) is 9.18. The first-order valence-electron chi connectivity index (χ1n) is 8.39. The van der Waals surface area contributed by atoms with Gasteiger partial charge in [0.15, 0.2) is 0 Å². The van der Waals surface area contributed by atoms with E-state index < -0.39 is 0 Å². The van der Waals surface area contributed by atoms with Gasteiger partial charge in [0.05, 0.1) is 16.8 Å². The average Bonchev–Trinajstić information content (AvgIpc) is 3.21. The van der Waals surface area contributed by atoms with Crippen molar-refractivity contribution in [2.45, 2.75) is 13.3 Å². The summed E-state index contributed by atoms with van der Waals surface area (Å²) in [4.78, 5) is 22.2. The predicted octanol–water partition coefficient (Wildman–Crippen LogP) is 5.11. The van der Waals surface area contributed by atoms with Crippen LogP contribution in [0.5, 0.6) is 0 Å². The van der Waals surface area contributed by atoms with Crippen molar-refractivity contribution in [1.82, 2.24) is 14.5 Å². The number of carbonyl (C=O) groups is 1. The van der Waals surface area contributed by atoms with E-state index in [9.17, 15) is 4.79 Å². The van der Waals surface area contributed by atoms with E-state index in [0.717, 1.165) is 32.2 Å². The third kappa shape index (κ3) is 2.84. The first-order chi connectivity index (χ1) is 12.7. The van der Waals surface area contributed by atoms with Crippen LogP contribution in [-0.4, -0.2) is 20.4 Å². The van der Waals surface area contributed by atoms with E-state index in [-0.39, 0.29) is 5.91 Å². The van der Waals surface area contributed by atoms with Crippen LogP contribution in [0.2, 0.25) is 0 Å². The van der Waals surface area contributed by atoms with Crippen LogP contribution in [-0.2, 0) is 6.42 Å². The Hall–Kier alpha value is -2.79. The van der Waals surface area contributed by atoms with Crippen LogP contribution >= 0.6 is 15.9 Å². The third-order valence-electron chi connectivity index (χ3n) is 4.40. The molecule has 0 radical (unpaired) electrons. The van der Waals surface area contributed by atoms with Crippen LogP contribution in [0.15, 0.2) is 71.7 Å². The fourth-order valence-corrected chi connectivity index (χ4v) is 3.57. The molecule has 0 amide bonds. The summed E-state index contributed by atoms with van der Waals surface area (Å²) >= 11 is 3.52. The number of pyridine rings is 1. The highest BCUT2D eigenvalue weighted by molar-refractivity contribution is 9.10. The minimum atomic E-state index is -0.0953. The summed E-state index contributed by atoms with van der Waals surface area (Å²) in [6.07, 6.45) is 5.53. The Bertz CT molecular complexity index is 1090. The van der Waals surface area contributed by atoms with Crippen molar-refractivity contribution >= 4 is 32.7 Å². The van der Waals surface area contributed by atoms with E-state index in [1.807, 2.05) is 48.5 Å². The van der Waals surface area contributed by atoms with Gasteiger partial charge in [-0.05, 0) is 30.2 Å². The van der Waals surface area contributed by atoms with Crippen LogP contribution < -0.4 is 0 Å². The van der Waals surface area contributed by atoms with Crippen LogP contribution in [0.1, 0.15) is 22.8 Å². The van der Waals surface area contributed by atoms with Crippen molar-refractivity contribution in [2.75, 3.05) is 0 Å². The van der Waals surface area contributed by atoms with Gasteiger partial charge in [-0.3, -0.25) is 9.36 Å². The van der Waals surface area contributed by atoms with E-state index >= 15 is 0 Å². The number of rotatable bonds is 3. The maximum atomic E-state index is 13.3. The van der Waals surface area contributed by atoms with Crippen molar-refractivity contribution in [3.63, 3.8) is 0 Å². The van der Waals surface area contributed by atoms with Crippen LogP contribution in [0.3, 0.4) is 0 Å². The van der Waals surface area contributed by atoms with Gasteiger partial charge in [-0.2, -0.15) is 0 Å². The molecule has 0 spiro atoms. The zero-order chi connectivity index (χ0) is 18.1. The Morgan fingerprint density at radius 2 is 1.96 bits per heavy atom. The molecule has 0 saturated heterocycles. The Labute approximate surface area is 159 Å². The van der Waals surface area contributed by atoms with E-state index in [1.165, 1.54) is 10.9 Å². The SMILES string of the molecule is CCc1c(-c2ccccc2)nc2ccc(Br)cc2c1C(=O)n1ccnc1. The highest BCUT2D eigenvalue weighted by atomic mass is 79.9. The van der Waals surface area contributed by atoms with Crippen LogP contribution in [0.25, 0.3) is 22.2 Å². The molecule has 4 nitrogen and oxygen atoms in total. The van der Waals surface area contributed by atoms with Gasteiger partial charge in [-0.1, -0.05) is 53.2 Å². The van der Waals surface area contributed by atoms with Gasteiger partial charge < -0.3 is 0 Å². The number of nitrogens with zero attached hydrogens (tertiary/aromatic N) is 3. The Kier molecular flexibility index (Phi) is 4.39. The number of halogens is 1. The Morgan fingerprint density at radius 3 is 2.65 bits per heavy atom. The van der Waals surface area contributed by atoms with Gasteiger partial charge in [-0.15, -0.1) is 0 Å². The number of hydrogen-bond donors (Lipinski definition) is 0. The molecule has 2 heterocycles. The summed E-state index contributed by atoms with van der Waals surface area (Å²) in [5, 5.41) is 0.842. The molecular formula is C21H16BrN3O. The average molecular weight is 406 g/mol.